The van der Waals surface area contributed by atoms with Crippen LogP contribution < -0.4 is 15.2 Å². The number of benzene rings is 1. The van der Waals surface area contributed by atoms with Gasteiger partial charge in [-0.2, -0.15) is 5.10 Å². The number of anilines is 1. The number of nitrogens with zero attached hydrogens (tertiary/aromatic N) is 3. The summed E-state index contributed by atoms with van der Waals surface area (Å²) >= 11 is 0. The van der Waals surface area contributed by atoms with Gasteiger partial charge in [0.1, 0.15) is 11.0 Å². The van der Waals surface area contributed by atoms with E-state index in [2.05, 4.69) is 20.8 Å². The monoisotopic (exact) mass is 461 g/mol. The van der Waals surface area contributed by atoms with Crippen molar-refractivity contribution in [2.75, 3.05) is 25.6 Å². The van der Waals surface area contributed by atoms with Crippen LogP contribution in [-0.4, -0.2) is 51.6 Å². The number of amides is 2. The molecule has 2 heterocycles. The van der Waals surface area contributed by atoms with E-state index in [0.29, 0.717) is 13.2 Å². The Hall–Kier alpha value is -2.47. The van der Waals surface area contributed by atoms with E-state index in [-0.39, 0.29) is 23.3 Å². The molecule has 2 aromatic rings. The summed E-state index contributed by atoms with van der Waals surface area (Å²) in [6.07, 6.45) is 5.61. The summed E-state index contributed by atoms with van der Waals surface area (Å²) in [7, 11) is -1.92. The smallest absolute Gasteiger partial charge is 0.354 e. The zero-order valence-corrected chi connectivity index (χ0v) is 18.7. The van der Waals surface area contributed by atoms with Crippen LogP contribution in [0.25, 0.3) is 0 Å². The second-order valence-corrected chi connectivity index (χ2v) is 10.3. The Morgan fingerprint density at radius 2 is 2.28 bits per heavy atom. The number of aromatic nitrogens is 2. The molecule has 172 valence electrons. The Bertz CT molecular complexity index is 1200. The van der Waals surface area contributed by atoms with E-state index in [0.717, 1.165) is 48.9 Å². The van der Waals surface area contributed by atoms with E-state index in [1.807, 2.05) is 0 Å². The summed E-state index contributed by atoms with van der Waals surface area (Å²) in [5.74, 6) is 0.371. The second kappa shape index (κ2) is 8.14. The number of rotatable bonds is 5. The molecule has 0 bridgehead atoms. The minimum absolute atomic E-state index is 0.0457. The lowest BCUT2D eigenvalue weighted by Crippen LogP contribution is -2.21. The number of hydrogen-bond acceptors (Lipinski definition) is 6. The van der Waals surface area contributed by atoms with E-state index < -0.39 is 22.1 Å². The van der Waals surface area contributed by atoms with Gasteiger partial charge in [-0.15, -0.1) is 4.36 Å². The first-order valence-corrected chi connectivity index (χ1v) is 12.3. The average Bonchev–Trinajstić information content (AvgIpc) is 3.50. The lowest BCUT2D eigenvalue weighted by molar-refractivity contribution is 0.130. The van der Waals surface area contributed by atoms with Gasteiger partial charge in [-0.3, -0.25) is 0 Å². The van der Waals surface area contributed by atoms with Crippen LogP contribution in [0, 0.1) is 0 Å². The van der Waals surface area contributed by atoms with Crippen LogP contribution in [0.4, 0.5) is 10.5 Å². The molecule has 3 atom stereocenters. The molecule has 0 spiro atoms. The molecular weight excluding hydrogens is 434 g/mol. The van der Waals surface area contributed by atoms with Gasteiger partial charge in [0.2, 0.25) is 5.88 Å². The Balaban J connectivity index is 1.48. The van der Waals surface area contributed by atoms with Gasteiger partial charge in [-0.25, -0.2) is 18.8 Å². The normalized spacial score (nSPS) is 22.6. The van der Waals surface area contributed by atoms with Crippen LogP contribution in [-0.2, 0) is 40.5 Å². The fourth-order valence-corrected chi connectivity index (χ4v) is 6.06. The van der Waals surface area contributed by atoms with Crippen molar-refractivity contribution in [2.45, 2.75) is 55.6 Å². The largest absolute Gasteiger partial charge is 0.469 e. The van der Waals surface area contributed by atoms with Gasteiger partial charge in [-0.1, -0.05) is 6.07 Å². The molecule has 3 aliphatic rings. The third-order valence-corrected chi connectivity index (χ3v) is 7.80. The van der Waals surface area contributed by atoms with Gasteiger partial charge in [-0.05, 0) is 54.4 Å². The summed E-state index contributed by atoms with van der Waals surface area (Å²) in [4.78, 5) is 13.0. The molecule has 1 aromatic carbocycles. The third kappa shape index (κ3) is 3.58. The number of carbonyl (C=O) groups excluding carboxylic acids is 1. The van der Waals surface area contributed by atoms with Crippen molar-refractivity contribution in [3.8, 4) is 5.88 Å². The summed E-state index contributed by atoms with van der Waals surface area (Å²) in [6.45, 7) is 0.682. The number of hydrogen-bond donors (Lipinski definition) is 3. The highest BCUT2D eigenvalue weighted by molar-refractivity contribution is 7.91. The molecule has 2 aliphatic carbocycles. The predicted molar refractivity (Wildman–Crippen MR) is 117 cm³/mol. The molecule has 1 aromatic heterocycles. The van der Waals surface area contributed by atoms with Crippen molar-refractivity contribution < 1.29 is 23.6 Å². The van der Waals surface area contributed by atoms with Crippen molar-refractivity contribution in [3.05, 3.63) is 34.5 Å². The van der Waals surface area contributed by atoms with Crippen molar-refractivity contribution in [1.82, 2.24) is 9.78 Å². The van der Waals surface area contributed by atoms with Crippen LogP contribution in [0.3, 0.4) is 0 Å². The number of urea groups is 1. The molecule has 0 fully saturated rings. The van der Waals surface area contributed by atoms with Gasteiger partial charge in [0.25, 0.3) is 0 Å². The van der Waals surface area contributed by atoms with Crippen molar-refractivity contribution >= 4 is 21.6 Å². The molecule has 11 heteroatoms. The molecular formula is C21H27N5O5S. The summed E-state index contributed by atoms with van der Waals surface area (Å²) in [6, 6.07) is 1.50. The molecule has 0 saturated heterocycles. The fraction of sp³-hybridized carbons (Fsp3) is 0.524. The Morgan fingerprint density at radius 3 is 3.06 bits per heavy atom. The van der Waals surface area contributed by atoms with Crippen LogP contribution >= 0.6 is 0 Å². The first-order valence-electron chi connectivity index (χ1n) is 10.8. The maximum absolute atomic E-state index is 13.2. The number of carbonyl (C=O) groups is 1. The number of fused-ring (bicyclic) bond motifs is 3. The summed E-state index contributed by atoms with van der Waals surface area (Å²) in [5, 5.41) is 22.3. The Morgan fingerprint density at radius 1 is 1.44 bits per heavy atom. The number of methoxy groups -OCH3 is 1. The highest BCUT2D eigenvalue weighted by Crippen LogP contribution is 2.44. The minimum Gasteiger partial charge on any atom is -0.469 e. The van der Waals surface area contributed by atoms with Gasteiger partial charge >= 0.3 is 6.03 Å². The highest BCUT2D eigenvalue weighted by Gasteiger charge is 2.32. The van der Waals surface area contributed by atoms with E-state index in [4.69, 9.17) is 14.6 Å². The molecule has 32 heavy (non-hydrogen) atoms. The first kappa shape index (κ1) is 21.4. The van der Waals surface area contributed by atoms with Crippen molar-refractivity contribution in [1.29, 1.82) is 0 Å². The standard InChI is InChI=1S/C21H27N5O5S/c1-30-11-14-6-5-13-7-12-3-2-4-16(12)19(18(13)14)24-21(28)25-32(22,29)17-8-23-26-9-15(10-27)31-20(17)26/h7-8,14-15,27H,2-6,9-11H2,1H3,(H3,22,24,25,28,29)/t14-,15-,32?/m0/s1. The minimum atomic E-state index is -3.60. The number of nitrogens with two attached hydrogens (primary N) is 1. The summed E-state index contributed by atoms with van der Waals surface area (Å²) < 4.78 is 29.4. The van der Waals surface area contributed by atoms with E-state index in [1.165, 1.54) is 22.0 Å². The van der Waals surface area contributed by atoms with Crippen molar-refractivity contribution in [2.24, 2.45) is 9.50 Å². The molecule has 4 N–H and O–H groups in total. The zero-order valence-electron chi connectivity index (χ0n) is 17.9. The number of aryl methyl sites for hydroxylation is 2. The first-order chi connectivity index (χ1) is 15.4. The van der Waals surface area contributed by atoms with Crippen LogP contribution in [0.1, 0.15) is 41.0 Å². The number of ether oxygens (including phenoxy) is 2. The maximum atomic E-state index is 13.2. The van der Waals surface area contributed by atoms with Gasteiger partial charge in [0.15, 0.2) is 9.92 Å². The summed E-state index contributed by atoms with van der Waals surface area (Å²) in [5.41, 5.74) is 5.48. The topological polar surface area (TPSA) is 141 Å². The second-order valence-electron chi connectivity index (χ2n) is 8.52. The van der Waals surface area contributed by atoms with Crippen LogP contribution in [0.2, 0.25) is 0 Å². The fourth-order valence-electron chi connectivity index (χ4n) is 5.07. The van der Waals surface area contributed by atoms with Gasteiger partial charge < -0.3 is 19.9 Å². The molecule has 1 aliphatic heterocycles. The highest BCUT2D eigenvalue weighted by atomic mass is 32.2. The number of nitrogens with one attached hydrogen (secondary N) is 1. The van der Waals surface area contributed by atoms with Crippen molar-refractivity contribution in [3.63, 3.8) is 0 Å². The predicted octanol–water partition coefficient (Wildman–Crippen LogP) is 1.73. The lowest BCUT2D eigenvalue weighted by atomic mass is 9.94. The SMILES string of the molecule is COC[C@@H]1CCc2cc3c(c(NC(=O)N=S(N)(=O)c4cnn5c4O[C@H](CO)C5)c21)CCC3. The number of aliphatic hydroxyl groups is 1. The average molecular weight is 462 g/mol. The molecule has 2 amide bonds. The molecule has 5 rings (SSSR count). The van der Waals surface area contributed by atoms with Crippen LogP contribution in [0.5, 0.6) is 5.88 Å². The van der Waals surface area contributed by atoms with Gasteiger partial charge in [0.05, 0.1) is 26.0 Å². The van der Waals surface area contributed by atoms with Crippen LogP contribution in [0.15, 0.2) is 21.5 Å². The van der Waals surface area contributed by atoms with E-state index >= 15 is 0 Å². The third-order valence-electron chi connectivity index (χ3n) is 6.45. The molecule has 1 unspecified atom stereocenters. The Labute approximate surface area is 186 Å². The molecule has 10 nitrogen and oxygen atoms in total. The lowest BCUT2D eigenvalue weighted by Gasteiger charge is -2.19. The Kier molecular flexibility index (Phi) is 5.44. The number of aliphatic hydroxyl groups excluding tert-OH is 1. The van der Waals surface area contributed by atoms with E-state index in [1.54, 1.807) is 7.11 Å². The van der Waals surface area contributed by atoms with Gasteiger partial charge in [0, 0.05) is 18.7 Å². The molecule has 0 saturated carbocycles. The molecule has 0 radical (unpaired) electrons. The quantitative estimate of drug-likeness (QED) is 0.619. The van der Waals surface area contributed by atoms with E-state index in [9.17, 15) is 14.1 Å². The maximum Gasteiger partial charge on any atom is 0.354 e. The zero-order chi connectivity index (χ0) is 22.5.